The zero-order chi connectivity index (χ0) is 14.3. The van der Waals surface area contributed by atoms with E-state index in [-0.39, 0.29) is 11.0 Å². The molecule has 0 unspecified atom stereocenters. The molecule has 1 aromatic carbocycles. The standard InChI is InChI=1S/C13H18N2O3S/c1-4-5-12(16)15-13(19)14-10-7-6-9(17-2)8-11(10)18-3/h6-8H,4-5H2,1-3H3,(H2,14,15,16,19). The molecule has 0 radical (unpaired) electrons. The van der Waals surface area contributed by atoms with Crippen molar-refractivity contribution in [3.05, 3.63) is 18.2 Å². The van der Waals surface area contributed by atoms with Gasteiger partial charge in [-0.05, 0) is 30.8 Å². The molecule has 5 nitrogen and oxygen atoms in total. The molecule has 1 aromatic rings. The van der Waals surface area contributed by atoms with Gasteiger partial charge in [0.05, 0.1) is 19.9 Å². The van der Waals surface area contributed by atoms with E-state index in [4.69, 9.17) is 21.7 Å². The Morgan fingerprint density at radius 1 is 1.32 bits per heavy atom. The van der Waals surface area contributed by atoms with Gasteiger partial charge in [0.25, 0.3) is 0 Å². The first-order chi connectivity index (χ1) is 9.10. The van der Waals surface area contributed by atoms with Crippen molar-refractivity contribution in [2.24, 2.45) is 0 Å². The second kappa shape index (κ2) is 7.58. The number of carbonyl (C=O) groups is 1. The molecule has 1 amide bonds. The predicted octanol–water partition coefficient (Wildman–Crippen LogP) is 2.32. The molecule has 0 saturated heterocycles. The van der Waals surface area contributed by atoms with Gasteiger partial charge >= 0.3 is 0 Å². The van der Waals surface area contributed by atoms with Crippen LogP contribution in [0, 0.1) is 0 Å². The Morgan fingerprint density at radius 2 is 2.05 bits per heavy atom. The van der Waals surface area contributed by atoms with Crippen LogP contribution >= 0.6 is 12.2 Å². The van der Waals surface area contributed by atoms with Crippen LogP contribution in [-0.2, 0) is 4.79 Å². The molecule has 0 bridgehead atoms. The number of methoxy groups -OCH3 is 2. The maximum absolute atomic E-state index is 11.4. The molecule has 0 spiro atoms. The molecule has 0 heterocycles. The summed E-state index contributed by atoms with van der Waals surface area (Å²) in [6.45, 7) is 1.93. The van der Waals surface area contributed by atoms with Crippen LogP contribution in [0.2, 0.25) is 0 Å². The van der Waals surface area contributed by atoms with Gasteiger partial charge in [0.2, 0.25) is 5.91 Å². The van der Waals surface area contributed by atoms with E-state index in [0.717, 1.165) is 6.42 Å². The molecule has 0 fully saturated rings. The Labute approximate surface area is 118 Å². The Kier molecular flexibility index (Phi) is 6.08. The Bertz CT molecular complexity index is 463. The molecule has 2 N–H and O–H groups in total. The minimum absolute atomic E-state index is 0.104. The molecule has 19 heavy (non-hydrogen) atoms. The summed E-state index contributed by atoms with van der Waals surface area (Å²) in [7, 11) is 3.14. The summed E-state index contributed by atoms with van der Waals surface area (Å²) in [5.41, 5.74) is 0.671. The van der Waals surface area contributed by atoms with Gasteiger partial charge < -0.3 is 20.1 Å². The van der Waals surface area contributed by atoms with Crippen molar-refractivity contribution in [2.45, 2.75) is 19.8 Å². The molecule has 0 aliphatic rings. The lowest BCUT2D eigenvalue weighted by Gasteiger charge is -2.13. The number of rotatable bonds is 5. The maximum atomic E-state index is 11.4. The van der Waals surface area contributed by atoms with E-state index in [2.05, 4.69) is 10.6 Å². The van der Waals surface area contributed by atoms with E-state index in [9.17, 15) is 4.79 Å². The lowest BCUT2D eigenvalue weighted by Crippen LogP contribution is -2.33. The third kappa shape index (κ3) is 4.75. The fourth-order valence-corrected chi connectivity index (χ4v) is 1.70. The molecule has 6 heteroatoms. The number of hydrogen-bond acceptors (Lipinski definition) is 4. The molecule has 0 aliphatic carbocycles. The first kappa shape index (κ1) is 15.2. The van der Waals surface area contributed by atoms with Gasteiger partial charge in [0, 0.05) is 12.5 Å². The number of ether oxygens (including phenoxy) is 2. The highest BCUT2D eigenvalue weighted by Crippen LogP contribution is 2.28. The van der Waals surface area contributed by atoms with Crippen LogP contribution < -0.4 is 20.1 Å². The summed E-state index contributed by atoms with van der Waals surface area (Å²) < 4.78 is 10.3. The zero-order valence-corrected chi connectivity index (χ0v) is 12.1. The Morgan fingerprint density at radius 3 is 2.63 bits per heavy atom. The molecular formula is C13H18N2O3S. The number of nitrogens with one attached hydrogen (secondary N) is 2. The monoisotopic (exact) mass is 282 g/mol. The van der Waals surface area contributed by atoms with Gasteiger partial charge in [0.15, 0.2) is 5.11 Å². The van der Waals surface area contributed by atoms with Gasteiger partial charge in [-0.3, -0.25) is 4.79 Å². The Balaban J connectivity index is 2.71. The van der Waals surface area contributed by atoms with Crippen LogP contribution in [0.4, 0.5) is 5.69 Å². The summed E-state index contributed by atoms with van der Waals surface area (Å²) in [6.07, 6.45) is 1.22. The average Bonchev–Trinajstić information content (AvgIpc) is 2.39. The van der Waals surface area contributed by atoms with Gasteiger partial charge in [-0.1, -0.05) is 6.92 Å². The highest BCUT2D eigenvalue weighted by molar-refractivity contribution is 7.80. The predicted molar refractivity (Wildman–Crippen MR) is 78.8 cm³/mol. The van der Waals surface area contributed by atoms with Gasteiger partial charge in [-0.15, -0.1) is 0 Å². The smallest absolute Gasteiger partial charge is 0.226 e. The number of thiocarbonyl (C=S) groups is 1. The van der Waals surface area contributed by atoms with E-state index in [1.807, 2.05) is 6.92 Å². The van der Waals surface area contributed by atoms with E-state index < -0.39 is 0 Å². The quantitative estimate of drug-likeness (QED) is 0.812. The molecule has 0 aliphatic heterocycles. The number of hydrogen-bond donors (Lipinski definition) is 2. The van der Waals surface area contributed by atoms with Gasteiger partial charge in [-0.2, -0.15) is 0 Å². The maximum Gasteiger partial charge on any atom is 0.226 e. The van der Waals surface area contributed by atoms with Crippen molar-refractivity contribution >= 4 is 28.9 Å². The summed E-state index contributed by atoms with van der Waals surface area (Å²) >= 11 is 5.07. The van der Waals surface area contributed by atoms with Crippen LogP contribution in [0.1, 0.15) is 19.8 Å². The van der Waals surface area contributed by atoms with Crippen LogP contribution in [-0.4, -0.2) is 25.2 Å². The highest BCUT2D eigenvalue weighted by atomic mass is 32.1. The zero-order valence-electron chi connectivity index (χ0n) is 11.3. The van der Waals surface area contributed by atoms with Crippen molar-refractivity contribution in [1.29, 1.82) is 0 Å². The molecule has 104 valence electrons. The molecule has 0 aromatic heterocycles. The molecule has 1 rings (SSSR count). The van der Waals surface area contributed by atoms with Gasteiger partial charge in [0.1, 0.15) is 11.5 Å². The largest absolute Gasteiger partial charge is 0.497 e. The fraction of sp³-hybridized carbons (Fsp3) is 0.385. The van der Waals surface area contributed by atoms with Crippen molar-refractivity contribution < 1.29 is 14.3 Å². The van der Waals surface area contributed by atoms with Crippen molar-refractivity contribution in [3.63, 3.8) is 0 Å². The summed E-state index contributed by atoms with van der Waals surface area (Å²) in [5.74, 6) is 1.17. The second-order valence-corrected chi connectivity index (χ2v) is 4.23. The van der Waals surface area contributed by atoms with E-state index >= 15 is 0 Å². The summed E-state index contributed by atoms with van der Waals surface area (Å²) in [6, 6.07) is 5.29. The van der Waals surface area contributed by atoms with Crippen molar-refractivity contribution in [3.8, 4) is 11.5 Å². The third-order valence-electron chi connectivity index (χ3n) is 2.39. The molecule has 0 saturated carbocycles. The van der Waals surface area contributed by atoms with Gasteiger partial charge in [-0.25, -0.2) is 0 Å². The van der Waals surface area contributed by atoms with Crippen LogP contribution in [0.5, 0.6) is 11.5 Å². The second-order valence-electron chi connectivity index (χ2n) is 3.82. The third-order valence-corrected chi connectivity index (χ3v) is 2.59. The summed E-state index contributed by atoms with van der Waals surface area (Å²) in [4.78, 5) is 11.4. The van der Waals surface area contributed by atoms with Crippen molar-refractivity contribution in [1.82, 2.24) is 5.32 Å². The Hall–Kier alpha value is -1.82. The molecular weight excluding hydrogens is 264 g/mol. The number of benzene rings is 1. The van der Waals surface area contributed by atoms with Crippen molar-refractivity contribution in [2.75, 3.05) is 19.5 Å². The summed E-state index contributed by atoms with van der Waals surface area (Å²) in [5, 5.41) is 5.78. The molecule has 0 atom stereocenters. The van der Waals surface area contributed by atoms with E-state index in [1.165, 1.54) is 0 Å². The van der Waals surface area contributed by atoms with Crippen LogP contribution in [0.3, 0.4) is 0 Å². The fourth-order valence-electron chi connectivity index (χ4n) is 1.47. The lowest BCUT2D eigenvalue weighted by molar-refractivity contribution is -0.119. The average molecular weight is 282 g/mol. The minimum atomic E-state index is -0.104. The first-order valence-corrected chi connectivity index (χ1v) is 6.34. The normalized spacial score (nSPS) is 9.63. The van der Waals surface area contributed by atoms with E-state index in [1.54, 1.807) is 32.4 Å². The first-order valence-electron chi connectivity index (χ1n) is 5.93. The lowest BCUT2D eigenvalue weighted by atomic mass is 10.2. The number of amides is 1. The van der Waals surface area contributed by atoms with Crippen LogP contribution in [0.25, 0.3) is 0 Å². The van der Waals surface area contributed by atoms with E-state index in [0.29, 0.717) is 23.6 Å². The SMILES string of the molecule is CCCC(=O)NC(=S)Nc1ccc(OC)cc1OC. The van der Waals surface area contributed by atoms with Crippen LogP contribution in [0.15, 0.2) is 18.2 Å². The minimum Gasteiger partial charge on any atom is -0.497 e. The highest BCUT2D eigenvalue weighted by Gasteiger charge is 2.08. The number of anilines is 1. The number of carbonyl (C=O) groups excluding carboxylic acids is 1. The topological polar surface area (TPSA) is 59.6 Å².